The summed E-state index contributed by atoms with van der Waals surface area (Å²) in [6.45, 7) is 1.47. The highest BCUT2D eigenvalue weighted by atomic mass is 79.9. The summed E-state index contributed by atoms with van der Waals surface area (Å²) in [7, 11) is 0. The van der Waals surface area contributed by atoms with Crippen LogP contribution in [-0.2, 0) is 9.53 Å². The molecular weight excluding hydrogens is 405 g/mol. The van der Waals surface area contributed by atoms with Crippen LogP contribution >= 0.6 is 15.9 Å². The van der Waals surface area contributed by atoms with E-state index in [1.54, 1.807) is 24.3 Å². The minimum absolute atomic E-state index is 0.0509. The topological polar surface area (TPSA) is 69.0 Å². The minimum Gasteiger partial charge on any atom is -0.463 e. The Morgan fingerprint density at radius 3 is 2.64 bits per heavy atom. The molecule has 2 heterocycles. The molecule has 0 spiro atoms. The number of carbonyl (C=O) groups excluding carboxylic acids is 1. The Morgan fingerprint density at radius 1 is 1.36 bits per heavy atom. The van der Waals surface area contributed by atoms with Crippen molar-refractivity contribution in [2.75, 3.05) is 11.9 Å². The van der Waals surface area contributed by atoms with Crippen molar-refractivity contribution in [2.45, 2.75) is 19.1 Å². The van der Waals surface area contributed by atoms with Gasteiger partial charge in [0.25, 0.3) is 0 Å². The van der Waals surface area contributed by atoms with E-state index in [0.29, 0.717) is 5.56 Å². The molecule has 0 radical (unpaired) electrons. The molecule has 1 aromatic heterocycles. The Balaban J connectivity index is 2.24. The van der Waals surface area contributed by atoms with Gasteiger partial charge in [-0.3, -0.25) is 0 Å². The molecule has 0 fully saturated rings. The lowest BCUT2D eigenvalue weighted by Crippen LogP contribution is -2.35. The number of ether oxygens (including phenoxy) is 1. The molecule has 0 unspecified atom stereocenters. The van der Waals surface area contributed by atoms with Gasteiger partial charge in [-0.05, 0) is 24.6 Å². The fraction of sp³-hybridized carbons (Fsp3) is 0.267. The van der Waals surface area contributed by atoms with Crippen molar-refractivity contribution >= 4 is 27.8 Å². The number of esters is 1. The Hall–Kier alpha value is -2.36. The zero-order valence-corrected chi connectivity index (χ0v) is 14.4. The summed E-state index contributed by atoms with van der Waals surface area (Å²) in [6.07, 6.45) is -3.66. The van der Waals surface area contributed by atoms with Crippen LogP contribution in [-0.4, -0.2) is 33.5 Å². The Bertz CT molecular complexity index is 830. The average molecular weight is 417 g/mol. The number of hydrogen-bond acceptors (Lipinski definition) is 5. The predicted molar refractivity (Wildman–Crippen MR) is 85.6 cm³/mol. The van der Waals surface area contributed by atoms with E-state index in [1.165, 1.54) is 11.6 Å². The van der Waals surface area contributed by atoms with E-state index in [-0.39, 0.29) is 12.6 Å². The van der Waals surface area contributed by atoms with Crippen LogP contribution < -0.4 is 5.32 Å². The molecule has 6 nitrogen and oxygen atoms in total. The fourth-order valence-electron chi connectivity index (χ4n) is 2.57. The first-order valence-corrected chi connectivity index (χ1v) is 8.02. The third-order valence-corrected chi connectivity index (χ3v) is 4.09. The van der Waals surface area contributed by atoms with Crippen molar-refractivity contribution in [3.8, 4) is 0 Å². The van der Waals surface area contributed by atoms with Crippen LogP contribution in [0.4, 0.5) is 19.1 Å². The van der Waals surface area contributed by atoms with Gasteiger partial charge in [-0.15, -0.1) is 0 Å². The molecule has 1 N–H and O–H groups in total. The van der Waals surface area contributed by atoms with Crippen LogP contribution in [0, 0.1) is 0 Å². The van der Waals surface area contributed by atoms with Gasteiger partial charge in [0.15, 0.2) is 0 Å². The van der Waals surface area contributed by atoms with E-state index >= 15 is 0 Å². The van der Waals surface area contributed by atoms with Gasteiger partial charge in [0.1, 0.15) is 18.1 Å². The Kier molecular flexibility index (Phi) is 4.55. The standard InChI is InChI=1S/C15H12BrF3N4O2/c1-2-25-13(24)10-11(8-3-5-9(16)6-4-8)23-14(20-7-21-23)22-12(10)15(17,18)19/h3-7,11H,2H2,1H3,(H,20,21,22)/t11-/m1/s1. The third-order valence-electron chi connectivity index (χ3n) is 3.56. The number of benzene rings is 1. The van der Waals surface area contributed by atoms with Crippen LogP contribution in [0.2, 0.25) is 0 Å². The summed E-state index contributed by atoms with van der Waals surface area (Å²) < 4.78 is 47.5. The monoisotopic (exact) mass is 416 g/mol. The lowest BCUT2D eigenvalue weighted by atomic mass is 9.95. The smallest absolute Gasteiger partial charge is 0.431 e. The molecule has 3 rings (SSSR count). The molecule has 0 amide bonds. The van der Waals surface area contributed by atoms with Gasteiger partial charge in [0.2, 0.25) is 5.95 Å². The van der Waals surface area contributed by atoms with E-state index in [0.717, 1.165) is 10.8 Å². The zero-order chi connectivity index (χ0) is 18.2. The van der Waals surface area contributed by atoms with Crippen LogP contribution in [0.25, 0.3) is 0 Å². The molecule has 10 heteroatoms. The number of halogens is 4. The highest BCUT2D eigenvalue weighted by Crippen LogP contribution is 2.41. The molecule has 0 bridgehead atoms. The molecule has 1 atom stereocenters. The van der Waals surface area contributed by atoms with Crippen molar-refractivity contribution in [1.29, 1.82) is 0 Å². The second kappa shape index (κ2) is 6.51. The number of hydrogen-bond donors (Lipinski definition) is 1. The van der Waals surface area contributed by atoms with E-state index in [4.69, 9.17) is 4.74 Å². The van der Waals surface area contributed by atoms with Gasteiger partial charge in [0.05, 0.1) is 12.2 Å². The van der Waals surface area contributed by atoms with Crippen molar-refractivity contribution in [2.24, 2.45) is 0 Å². The zero-order valence-electron chi connectivity index (χ0n) is 12.8. The summed E-state index contributed by atoms with van der Waals surface area (Å²) in [5.74, 6) is -1.16. The van der Waals surface area contributed by atoms with Gasteiger partial charge in [-0.1, -0.05) is 28.1 Å². The van der Waals surface area contributed by atoms with Crippen LogP contribution in [0.1, 0.15) is 18.5 Å². The molecule has 1 aliphatic heterocycles. The quantitative estimate of drug-likeness (QED) is 0.776. The molecular formula is C15H12BrF3N4O2. The Labute approximate surface area is 148 Å². The van der Waals surface area contributed by atoms with Crippen molar-refractivity contribution in [3.63, 3.8) is 0 Å². The summed E-state index contributed by atoms with van der Waals surface area (Å²) in [6, 6.07) is 5.45. The first kappa shape index (κ1) is 17.5. The SMILES string of the molecule is CCOC(=O)C1=C(C(F)(F)F)Nc2ncnn2[C@@H]1c1ccc(Br)cc1. The number of alkyl halides is 3. The number of allylic oxidation sites excluding steroid dienone is 1. The molecule has 0 saturated carbocycles. The highest BCUT2D eigenvalue weighted by molar-refractivity contribution is 9.10. The molecule has 25 heavy (non-hydrogen) atoms. The van der Waals surface area contributed by atoms with Crippen LogP contribution in [0.15, 0.2) is 46.3 Å². The van der Waals surface area contributed by atoms with Gasteiger partial charge in [-0.2, -0.15) is 23.3 Å². The second-order valence-corrected chi connectivity index (χ2v) is 6.03. The second-order valence-electron chi connectivity index (χ2n) is 5.11. The molecule has 0 saturated heterocycles. The first-order valence-electron chi connectivity index (χ1n) is 7.23. The normalized spacial score (nSPS) is 17.1. The number of anilines is 1. The van der Waals surface area contributed by atoms with Crippen molar-refractivity contribution < 1.29 is 22.7 Å². The highest BCUT2D eigenvalue weighted by Gasteiger charge is 2.46. The average Bonchev–Trinajstić information content (AvgIpc) is 3.01. The van der Waals surface area contributed by atoms with Crippen molar-refractivity contribution in [3.05, 3.63) is 51.9 Å². The third kappa shape index (κ3) is 3.26. The number of nitrogens with zero attached hydrogens (tertiary/aromatic N) is 3. The van der Waals surface area contributed by atoms with Crippen LogP contribution in [0.5, 0.6) is 0 Å². The summed E-state index contributed by atoms with van der Waals surface area (Å²) in [5.41, 5.74) is -1.31. The Morgan fingerprint density at radius 2 is 2.04 bits per heavy atom. The molecule has 1 aliphatic rings. The summed E-state index contributed by atoms with van der Waals surface area (Å²) in [4.78, 5) is 16.1. The first-order chi connectivity index (χ1) is 11.8. The van der Waals surface area contributed by atoms with Gasteiger partial charge < -0.3 is 10.1 Å². The lowest BCUT2D eigenvalue weighted by Gasteiger charge is -2.30. The maximum atomic E-state index is 13.6. The van der Waals surface area contributed by atoms with Crippen LogP contribution in [0.3, 0.4) is 0 Å². The number of carbonyl (C=O) groups is 1. The maximum absolute atomic E-state index is 13.6. The number of nitrogens with one attached hydrogen (secondary N) is 1. The van der Waals surface area contributed by atoms with Gasteiger partial charge >= 0.3 is 12.1 Å². The largest absolute Gasteiger partial charge is 0.463 e. The van der Waals surface area contributed by atoms with Crippen molar-refractivity contribution in [1.82, 2.24) is 14.8 Å². The molecule has 2 aromatic rings. The summed E-state index contributed by atoms with van der Waals surface area (Å²) in [5, 5.41) is 6.12. The summed E-state index contributed by atoms with van der Waals surface area (Å²) >= 11 is 3.28. The molecule has 0 aliphatic carbocycles. The van der Waals surface area contributed by atoms with E-state index in [2.05, 4.69) is 31.3 Å². The maximum Gasteiger partial charge on any atom is 0.431 e. The predicted octanol–water partition coefficient (Wildman–Crippen LogP) is 3.44. The van der Waals surface area contributed by atoms with E-state index < -0.39 is 29.5 Å². The van der Waals surface area contributed by atoms with Gasteiger partial charge in [0, 0.05) is 4.47 Å². The van der Waals surface area contributed by atoms with Gasteiger partial charge in [-0.25, -0.2) is 9.48 Å². The molecule has 1 aromatic carbocycles. The number of aromatic nitrogens is 3. The number of fused-ring (bicyclic) bond motifs is 1. The van der Waals surface area contributed by atoms with E-state index in [9.17, 15) is 18.0 Å². The fourth-order valence-corrected chi connectivity index (χ4v) is 2.83. The lowest BCUT2D eigenvalue weighted by molar-refractivity contribution is -0.140. The number of rotatable bonds is 3. The van der Waals surface area contributed by atoms with E-state index in [1.807, 2.05) is 0 Å². The minimum atomic E-state index is -4.78. The molecule has 132 valence electrons.